The average Bonchev–Trinajstić information content (AvgIpc) is 2.83. The molecule has 100 valence electrons. The monoisotopic (exact) mass is 276 g/mol. The fourth-order valence-corrected chi connectivity index (χ4v) is 2.66. The minimum atomic E-state index is -0.423. The molecule has 1 aromatic rings. The van der Waals surface area contributed by atoms with Gasteiger partial charge in [0.05, 0.1) is 12.1 Å². The maximum absolute atomic E-state index is 11.9. The molecule has 1 fully saturated rings. The van der Waals surface area contributed by atoms with Crippen LogP contribution in [0.3, 0.4) is 0 Å². The number of carbonyl (C=O) groups is 1. The van der Waals surface area contributed by atoms with E-state index in [-0.39, 0.29) is 12.1 Å². The Balaban J connectivity index is 2.20. The van der Waals surface area contributed by atoms with E-state index in [4.69, 9.17) is 4.74 Å². The molecule has 1 aliphatic rings. The molecular weight excluding hydrogens is 260 g/mol. The van der Waals surface area contributed by atoms with Gasteiger partial charge >= 0.3 is 6.09 Å². The van der Waals surface area contributed by atoms with Gasteiger partial charge in [-0.15, -0.1) is 0 Å². The second-order valence-electron chi connectivity index (χ2n) is 4.34. The van der Waals surface area contributed by atoms with Crippen LogP contribution in [0, 0.1) is 11.3 Å². The standard InChI is InChI=1S/C14H16N2O2S/c1-19-8-7-12(9-15)16-13(10-18-14(16)17)11-5-3-2-4-6-11/h2-6,12-13H,7-8,10H2,1H3/t12-,13+/m1/s1. The number of hydrogen-bond donors (Lipinski definition) is 0. The van der Waals surface area contributed by atoms with Crippen LogP contribution in [0.2, 0.25) is 0 Å². The summed E-state index contributed by atoms with van der Waals surface area (Å²) in [5, 5.41) is 9.29. The van der Waals surface area contributed by atoms with E-state index in [0.29, 0.717) is 13.0 Å². The van der Waals surface area contributed by atoms with Crippen molar-refractivity contribution in [3.63, 3.8) is 0 Å². The van der Waals surface area contributed by atoms with Gasteiger partial charge in [-0.3, -0.25) is 4.90 Å². The van der Waals surface area contributed by atoms with Crippen molar-refractivity contribution < 1.29 is 9.53 Å². The Morgan fingerprint density at radius 3 is 2.89 bits per heavy atom. The van der Waals surface area contributed by atoms with Gasteiger partial charge in [-0.2, -0.15) is 17.0 Å². The van der Waals surface area contributed by atoms with Gasteiger partial charge in [-0.1, -0.05) is 30.3 Å². The Morgan fingerprint density at radius 1 is 1.53 bits per heavy atom. The molecule has 1 amide bonds. The second-order valence-corrected chi connectivity index (χ2v) is 5.32. The molecule has 5 heteroatoms. The maximum atomic E-state index is 11.9. The molecule has 1 aliphatic heterocycles. The molecule has 0 unspecified atom stereocenters. The van der Waals surface area contributed by atoms with Gasteiger partial charge in [0.1, 0.15) is 12.6 Å². The van der Waals surface area contributed by atoms with E-state index in [1.165, 1.54) is 0 Å². The molecule has 19 heavy (non-hydrogen) atoms. The van der Waals surface area contributed by atoms with Crippen molar-refractivity contribution in [3.8, 4) is 6.07 Å². The van der Waals surface area contributed by atoms with Gasteiger partial charge in [-0.05, 0) is 24.0 Å². The topological polar surface area (TPSA) is 53.3 Å². The van der Waals surface area contributed by atoms with E-state index in [1.807, 2.05) is 36.6 Å². The number of amides is 1. The number of rotatable bonds is 5. The highest BCUT2D eigenvalue weighted by molar-refractivity contribution is 7.98. The number of benzene rings is 1. The molecule has 0 bridgehead atoms. The van der Waals surface area contributed by atoms with Crippen molar-refractivity contribution in [1.82, 2.24) is 4.90 Å². The van der Waals surface area contributed by atoms with Crippen molar-refractivity contribution in [2.24, 2.45) is 0 Å². The molecule has 0 aliphatic carbocycles. The predicted octanol–water partition coefficient (Wildman–Crippen LogP) is 2.83. The fourth-order valence-electron chi connectivity index (χ4n) is 2.20. The summed E-state index contributed by atoms with van der Waals surface area (Å²) < 4.78 is 5.12. The van der Waals surface area contributed by atoms with Crippen molar-refractivity contribution in [2.45, 2.75) is 18.5 Å². The zero-order valence-corrected chi connectivity index (χ0v) is 11.6. The molecule has 1 aromatic carbocycles. The Hall–Kier alpha value is -1.67. The summed E-state index contributed by atoms with van der Waals surface area (Å²) in [5.41, 5.74) is 1.01. The van der Waals surface area contributed by atoms with E-state index >= 15 is 0 Å². The summed E-state index contributed by atoms with van der Waals surface area (Å²) in [7, 11) is 0. The van der Waals surface area contributed by atoms with Crippen molar-refractivity contribution in [1.29, 1.82) is 5.26 Å². The van der Waals surface area contributed by atoms with Crippen LogP contribution in [-0.4, -0.2) is 35.7 Å². The lowest BCUT2D eigenvalue weighted by Gasteiger charge is -2.26. The first kappa shape index (κ1) is 13.8. The summed E-state index contributed by atoms with van der Waals surface area (Å²) in [6.45, 7) is 0.320. The number of cyclic esters (lactones) is 1. The highest BCUT2D eigenvalue weighted by atomic mass is 32.2. The van der Waals surface area contributed by atoms with E-state index in [9.17, 15) is 10.1 Å². The summed E-state index contributed by atoms with van der Waals surface area (Å²) in [5.74, 6) is 0.851. The van der Waals surface area contributed by atoms with E-state index < -0.39 is 6.04 Å². The Morgan fingerprint density at radius 2 is 2.26 bits per heavy atom. The molecule has 0 saturated carbocycles. The van der Waals surface area contributed by atoms with Gasteiger partial charge in [0.15, 0.2) is 0 Å². The van der Waals surface area contributed by atoms with E-state index in [1.54, 1.807) is 16.7 Å². The van der Waals surface area contributed by atoms with Crippen LogP contribution < -0.4 is 0 Å². The molecule has 1 heterocycles. The van der Waals surface area contributed by atoms with Gasteiger partial charge in [0.2, 0.25) is 0 Å². The number of hydrogen-bond acceptors (Lipinski definition) is 4. The van der Waals surface area contributed by atoms with E-state index in [2.05, 4.69) is 6.07 Å². The zero-order chi connectivity index (χ0) is 13.7. The largest absolute Gasteiger partial charge is 0.447 e. The number of nitrogens with zero attached hydrogens (tertiary/aromatic N) is 2. The molecule has 2 rings (SSSR count). The highest BCUT2D eigenvalue weighted by Crippen LogP contribution is 2.30. The summed E-state index contributed by atoms with van der Waals surface area (Å²) in [4.78, 5) is 13.4. The van der Waals surface area contributed by atoms with Crippen LogP contribution in [0.5, 0.6) is 0 Å². The Labute approximate surface area is 117 Å². The summed E-state index contributed by atoms with van der Waals surface area (Å²) >= 11 is 1.67. The number of nitriles is 1. The predicted molar refractivity (Wildman–Crippen MR) is 74.8 cm³/mol. The molecule has 0 radical (unpaired) electrons. The van der Waals surface area contributed by atoms with Gasteiger partial charge in [0.25, 0.3) is 0 Å². The van der Waals surface area contributed by atoms with Crippen molar-refractivity contribution >= 4 is 17.9 Å². The minimum absolute atomic E-state index is 0.153. The lowest BCUT2D eigenvalue weighted by Crippen LogP contribution is -2.37. The minimum Gasteiger partial charge on any atom is -0.447 e. The number of thioether (sulfide) groups is 1. The first-order valence-electron chi connectivity index (χ1n) is 6.16. The van der Waals surface area contributed by atoms with Gasteiger partial charge < -0.3 is 4.74 Å². The quantitative estimate of drug-likeness (QED) is 0.830. The van der Waals surface area contributed by atoms with Crippen molar-refractivity contribution in [2.75, 3.05) is 18.6 Å². The molecule has 0 N–H and O–H groups in total. The van der Waals surface area contributed by atoms with Crippen LogP contribution in [0.25, 0.3) is 0 Å². The Kier molecular flexibility index (Phi) is 4.69. The third-order valence-electron chi connectivity index (χ3n) is 3.18. The maximum Gasteiger partial charge on any atom is 0.411 e. The summed E-state index contributed by atoms with van der Waals surface area (Å²) in [6.07, 6.45) is 2.27. The van der Waals surface area contributed by atoms with Gasteiger partial charge in [-0.25, -0.2) is 4.79 Å². The third kappa shape index (κ3) is 3.02. The molecule has 2 atom stereocenters. The van der Waals surface area contributed by atoms with Crippen LogP contribution in [0.15, 0.2) is 30.3 Å². The lowest BCUT2D eigenvalue weighted by atomic mass is 10.0. The average molecular weight is 276 g/mol. The molecule has 4 nitrogen and oxygen atoms in total. The van der Waals surface area contributed by atoms with Crippen LogP contribution in [-0.2, 0) is 4.74 Å². The Bertz CT molecular complexity index is 472. The molecule has 0 aromatic heterocycles. The van der Waals surface area contributed by atoms with Gasteiger partial charge in [0, 0.05) is 0 Å². The van der Waals surface area contributed by atoms with Crippen LogP contribution in [0.4, 0.5) is 4.79 Å². The molecule has 0 spiro atoms. The SMILES string of the molecule is CSCC[C@H](C#N)N1C(=O)OC[C@H]1c1ccccc1. The summed E-state index contributed by atoms with van der Waals surface area (Å²) in [6, 6.07) is 11.4. The van der Waals surface area contributed by atoms with E-state index in [0.717, 1.165) is 11.3 Å². The highest BCUT2D eigenvalue weighted by Gasteiger charge is 2.38. The van der Waals surface area contributed by atoms with Crippen LogP contribution >= 0.6 is 11.8 Å². The fraction of sp³-hybridized carbons (Fsp3) is 0.429. The molecule has 1 saturated heterocycles. The smallest absolute Gasteiger partial charge is 0.411 e. The third-order valence-corrected chi connectivity index (χ3v) is 3.82. The lowest BCUT2D eigenvalue weighted by molar-refractivity contribution is 0.151. The van der Waals surface area contributed by atoms with Crippen LogP contribution in [0.1, 0.15) is 18.0 Å². The second kappa shape index (κ2) is 6.48. The number of ether oxygens (including phenoxy) is 1. The first-order chi connectivity index (χ1) is 9.27. The molecular formula is C14H16N2O2S. The normalized spacial score (nSPS) is 19.9. The number of carbonyl (C=O) groups excluding carboxylic acids is 1. The zero-order valence-electron chi connectivity index (χ0n) is 10.8. The first-order valence-corrected chi connectivity index (χ1v) is 7.56. The van der Waals surface area contributed by atoms with Crippen molar-refractivity contribution in [3.05, 3.63) is 35.9 Å².